The highest BCUT2D eigenvalue weighted by molar-refractivity contribution is 7.91. The molecule has 0 aromatic carbocycles. The molecule has 21 heavy (non-hydrogen) atoms. The molecule has 120 valence electrons. The molecule has 2 rings (SSSR count). The van der Waals surface area contributed by atoms with Crippen molar-refractivity contribution in [2.45, 2.75) is 44.9 Å². The van der Waals surface area contributed by atoms with Crippen LogP contribution in [0.1, 0.15) is 44.9 Å². The molecule has 1 aliphatic carbocycles. The van der Waals surface area contributed by atoms with Crippen molar-refractivity contribution < 1.29 is 23.1 Å². The predicted octanol–water partition coefficient (Wildman–Crippen LogP) is 0.962. The van der Waals surface area contributed by atoms with Crippen molar-refractivity contribution in [3.05, 3.63) is 0 Å². The van der Waals surface area contributed by atoms with Gasteiger partial charge in [0.2, 0.25) is 5.91 Å². The zero-order valence-electron chi connectivity index (χ0n) is 12.1. The minimum Gasteiger partial charge on any atom is -0.481 e. The van der Waals surface area contributed by atoms with Crippen molar-refractivity contribution in [3.8, 4) is 0 Å². The number of sulfone groups is 1. The molecule has 1 amide bonds. The van der Waals surface area contributed by atoms with Crippen LogP contribution in [0.4, 0.5) is 0 Å². The Morgan fingerprint density at radius 2 is 1.86 bits per heavy atom. The molecule has 1 heterocycles. The van der Waals surface area contributed by atoms with Crippen LogP contribution < -0.4 is 5.32 Å². The van der Waals surface area contributed by atoms with Gasteiger partial charge in [0, 0.05) is 6.54 Å². The first-order chi connectivity index (χ1) is 9.82. The van der Waals surface area contributed by atoms with Gasteiger partial charge in [0.15, 0.2) is 9.84 Å². The number of aliphatic carboxylic acids is 1. The smallest absolute Gasteiger partial charge is 0.303 e. The van der Waals surface area contributed by atoms with E-state index in [1.165, 1.54) is 0 Å². The number of carboxylic acid groups (broad SMARTS) is 1. The van der Waals surface area contributed by atoms with Crippen LogP contribution in [0.15, 0.2) is 0 Å². The molecule has 7 heteroatoms. The molecule has 1 aliphatic heterocycles. The number of amides is 1. The van der Waals surface area contributed by atoms with Crippen molar-refractivity contribution in [1.29, 1.82) is 0 Å². The second-order valence-corrected chi connectivity index (χ2v) is 8.68. The summed E-state index contributed by atoms with van der Waals surface area (Å²) in [6.07, 6.45) is 5.14. The van der Waals surface area contributed by atoms with Crippen molar-refractivity contribution in [1.82, 2.24) is 5.32 Å². The normalized spacial score (nSPS) is 27.1. The maximum atomic E-state index is 12.1. The summed E-state index contributed by atoms with van der Waals surface area (Å²) in [5.41, 5.74) is -0.364. The lowest BCUT2D eigenvalue weighted by molar-refractivity contribution is -0.141. The lowest BCUT2D eigenvalue weighted by atomic mass is 9.71. The SMILES string of the molecule is O=C(O)CC1(CNC(=O)C2CCS(=O)(=O)C2)CCCCC1. The Labute approximate surface area is 125 Å². The molecule has 1 saturated heterocycles. The molecule has 1 unspecified atom stereocenters. The summed E-state index contributed by atoms with van der Waals surface area (Å²) < 4.78 is 22.8. The average Bonchev–Trinajstić information content (AvgIpc) is 2.77. The van der Waals surface area contributed by atoms with Crippen LogP contribution in [0.3, 0.4) is 0 Å². The fourth-order valence-corrected chi connectivity index (χ4v) is 5.20. The third kappa shape index (κ3) is 4.43. The lowest BCUT2D eigenvalue weighted by Crippen LogP contribution is -2.42. The van der Waals surface area contributed by atoms with Crippen molar-refractivity contribution in [3.63, 3.8) is 0 Å². The molecule has 1 atom stereocenters. The Hall–Kier alpha value is -1.11. The van der Waals surface area contributed by atoms with Gasteiger partial charge in [-0.3, -0.25) is 9.59 Å². The Morgan fingerprint density at radius 3 is 2.38 bits per heavy atom. The molecule has 0 aromatic heterocycles. The standard InChI is InChI=1S/C14H23NO5S/c16-12(17)8-14(5-2-1-3-6-14)10-15-13(18)11-4-7-21(19,20)9-11/h11H,1-10H2,(H,15,18)(H,16,17). The number of hydrogen-bond donors (Lipinski definition) is 2. The monoisotopic (exact) mass is 317 g/mol. The van der Waals surface area contributed by atoms with Crippen molar-refractivity contribution in [2.75, 3.05) is 18.1 Å². The fourth-order valence-electron chi connectivity index (χ4n) is 3.46. The minimum atomic E-state index is -3.07. The molecule has 0 radical (unpaired) electrons. The van der Waals surface area contributed by atoms with Gasteiger partial charge in [-0.05, 0) is 24.7 Å². The maximum absolute atomic E-state index is 12.1. The number of nitrogens with one attached hydrogen (secondary N) is 1. The zero-order valence-corrected chi connectivity index (χ0v) is 13.0. The van der Waals surface area contributed by atoms with Gasteiger partial charge >= 0.3 is 5.97 Å². The fraction of sp³-hybridized carbons (Fsp3) is 0.857. The van der Waals surface area contributed by atoms with Gasteiger partial charge in [-0.2, -0.15) is 0 Å². The summed E-state index contributed by atoms with van der Waals surface area (Å²) >= 11 is 0. The third-order valence-corrected chi connectivity index (χ3v) is 6.45. The third-order valence-electron chi connectivity index (χ3n) is 4.68. The molecular formula is C14H23NO5S. The average molecular weight is 317 g/mol. The van der Waals surface area contributed by atoms with Gasteiger partial charge in [0.05, 0.1) is 23.8 Å². The lowest BCUT2D eigenvalue weighted by Gasteiger charge is -2.36. The summed E-state index contributed by atoms with van der Waals surface area (Å²) in [4.78, 5) is 23.1. The first-order valence-electron chi connectivity index (χ1n) is 7.52. The molecule has 0 spiro atoms. The van der Waals surface area contributed by atoms with E-state index in [0.717, 1.165) is 32.1 Å². The highest BCUT2D eigenvalue weighted by Crippen LogP contribution is 2.38. The summed E-state index contributed by atoms with van der Waals surface area (Å²) in [5.74, 6) is -1.56. The Morgan fingerprint density at radius 1 is 1.19 bits per heavy atom. The zero-order chi connectivity index (χ0) is 15.5. The van der Waals surface area contributed by atoms with Crippen LogP contribution >= 0.6 is 0 Å². The van der Waals surface area contributed by atoms with Gasteiger partial charge in [-0.15, -0.1) is 0 Å². The largest absolute Gasteiger partial charge is 0.481 e. The first-order valence-corrected chi connectivity index (χ1v) is 9.34. The Balaban J connectivity index is 1.92. The number of carbonyl (C=O) groups is 2. The van der Waals surface area contributed by atoms with E-state index in [1.54, 1.807) is 0 Å². The van der Waals surface area contributed by atoms with Crippen LogP contribution in [0.5, 0.6) is 0 Å². The molecule has 6 nitrogen and oxygen atoms in total. The molecular weight excluding hydrogens is 294 g/mol. The summed E-state index contributed by atoms with van der Waals surface area (Å²) in [5, 5.41) is 11.9. The summed E-state index contributed by atoms with van der Waals surface area (Å²) in [6.45, 7) is 0.342. The number of hydrogen-bond acceptors (Lipinski definition) is 4. The van der Waals surface area contributed by atoms with E-state index >= 15 is 0 Å². The van der Waals surface area contributed by atoms with Gasteiger partial charge < -0.3 is 10.4 Å². The van der Waals surface area contributed by atoms with E-state index in [9.17, 15) is 18.0 Å². The van der Waals surface area contributed by atoms with E-state index in [0.29, 0.717) is 13.0 Å². The van der Waals surface area contributed by atoms with E-state index in [-0.39, 0.29) is 29.2 Å². The van der Waals surface area contributed by atoms with E-state index in [2.05, 4.69) is 5.32 Å². The Kier molecular flexibility index (Phi) is 4.91. The van der Waals surface area contributed by atoms with Crippen LogP contribution in [-0.2, 0) is 19.4 Å². The van der Waals surface area contributed by atoms with Crippen molar-refractivity contribution in [2.24, 2.45) is 11.3 Å². The molecule has 0 bridgehead atoms. The first kappa shape index (κ1) is 16.3. The summed E-state index contributed by atoms with van der Waals surface area (Å²) in [7, 11) is -3.07. The summed E-state index contributed by atoms with van der Waals surface area (Å²) in [6, 6.07) is 0. The van der Waals surface area contributed by atoms with Gasteiger partial charge in [-0.25, -0.2) is 8.42 Å². The Bertz CT molecular complexity index is 507. The second kappa shape index (κ2) is 6.34. The highest BCUT2D eigenvalue weighted by Gasteiger charge is 2.37. The second-order valence-electron chi connectivity index (χ2n) is 6.45. The molecule has 2 N–H and O–H groups in total. The van der Waals surface area contributed by atoms with E-state index < -0.39 is 21.7 Å². The number of rotatable bonds is 5. The number of carbonyl (C=O) groups excluding carboxylic acids is 1. The van der Waals surface area contributed by atoms with Gasteiger partial charge in [-0.1, -0.05) is 19.3 Å². The molecule has 0 aromatic rings. The minimum absolute atomic E-state index is 0.0657. The van der Waals surface area contributed by atoms with Gasteiger partial charge in [0.1, 0.15) is 0 Å². The van der Waals surface area contributed by atoms with E-state index in [1.807, 2.05) is 0 Å². The van der Waals surface area contributed by atoms with Crippen LogP contribution in [0, 0.1) is 11.3 Å². The maximum Gasteiger partial charge on any atom is 0.303 e. The van der Waals surface area contributed by atoms with Crippen LogP contribution in [0.25, 0.3) is 0 Å². The van der Waals surface area contributed by atoms with Gasteiger partial charge in [0.25, 0.3) is 0 Å². The van der Waals surface area contributed by atoms with Crippen LogP contribution in [-0.4, -0.2) is 43.5 Å². The number of carboxylic acids is 1. The topological polar surface area (TPSA) is 101 Å². The molecule has 2 fully saturated rings. The van der Waals surface area contributed by atoms with Crippen LogP contribution in [0.2, 0.25) is 0 Å². The highest BCUT2D eigenvalue weighted by atomic mass is 32.2. The quantitative estimate of drug-likeness (QED) is 0.786. The predicted molar refractivity (Wildman–Crippen MR) is 77.5 cm³/mol. The molecule has 1 saturated carbocycles. The van der Waals surface area contributed by atoms with E-state index in [4.69, 9.17) is 5.11 Å². The van der Waals surface area contributed by atoms with Crippen molar-refractivity contribution >= 4 is 21.7 Å². The molecule has 2 aliphatic rings.